The molecular weight excluding hydrogens is 368 g/mol. The minimum atomic E-state index is -0.331. The fourth-order valence-corrected chi connectivity index (χ4v) is 3.38. The zero-order chi connectivity index (χ0) is 17.3. The molecule has 5 heteroatoms. The first-order chi connectivity index (χ1) is 11.3. The number of aryl methyl sites for hydroxylation is 1. The molecule has 2 aromatic carbocycles. The van der Waals surface area contributed by atoms with Gasteiger partial charge in [0.05, 0.1) is 6.04 Å². The third kappa shape index (κ3) is 3.90. The van der Waals surface area contributed by atoms with Crippen LogP contribution in [0.4, 0.5) is 10.5 Å². The second-order valence-electron chi connectivity index (χ2n) is 6.77. The molecule has 0 radical (unpaired) electrons. The Morgan fingerprint density at radius 3 is 2.79 bits per heavy atom. The maximum absolute atomic E-state index is 12.4. The SMILES string of the molecule is Cc1cccc(NC(=O)NC2CC(C)(C)Oc3ccc(Br)cc32)c1. The van der Waals surface area contributed by atoms with E-state index >= 15 is 0 Å². The Hall–Kier alpha value is -2.01. The highest BCUT2D eigenvalue weighted by molar-refractivity contribution is 9.10. The van der Waals surface area contributed by atoms with E-state index in [1.807, 2.05) is 63.2 Å². The summed E-state index contributed by atoms with van der Waals surface area (Å²) >= 11 is 3.49. The summed E-state index contributed by atoms with van der Waals surface area (Å²) in [7, 11) is 0. The van der Waals surface area contributed by atoms with E-state index in [2.05, 4.69) is 26.6 Å². The molecule has 1 aliphatic heterocycles. The highest BCUT2D eigenvalue weighted by atomic mass is 79.9. The Kier molecular flexibility index (Phi) is 4.54. The highest BCUT2D eigenvalue weighted by Gasteiger charge is 2.34. The summed E-state index contributed by atoms with van der Waals surface area (Å²) in [6.07, 6.45) is 0.706. The number of hydrogen-bond acceptors (Lipinski definition) is 2. The number of anilines is 1. The Labute approximate surface area is 150 Å². The van der Waals surface area contributed by atoms with Gasteiger partial charge in [-0.3, -0.25) is 0 Å². The van der Waals surface area contributed by atoms with E-state index in [9.17, 15) is 4.79 Å². The van der Waals surface area contributed by atoms with Gasteiger partial charge in [0.25, 0.3) is 0 Å². The summed E-state index contributed by atoms with van der Waals surface area (Å²) in [5, 5.41) is 5.98. The van der Waals surface area contributed by atoms with Gasteiger partial charge in [0.15, 0.2) is 0 Å². The Bertz CT molecular complexity index is 774. The fourth-order valence-electron chi connectivity index (χ4n) is 3.00. The van der Waals surface area contributed by atoms with Crippen LogP contribution in [-0.4, -0.2) is 11.6 Å². The number of benzene rings is 2. The second kappa shape index (κ2) is 6.48. The minimum Gasteiger partial charge on any atom is -0.487 e. The molecule has 2 amide bonds. The molecule has 0 spiro atoms. The Morgan fingerprint density at radius 2 is 2.04 bits per heavy atom. The van der Waals surface area contributed by atoms with Crippen LogP contribution in [0.5, 0.6) is 5.75 Å². The van der Waals surface area contributed by atoms with Crippen LogP contribution >= 0.6 is 15.9 Å². The molecule has 2 aromatic rings. The van der Waals surface area contributed by atoms with Gasteiger partial charge in [-0.05, 0) is 56.7 Å². The van der Waals surface area contributed by atoms with Crippen molar-refractivity contribution in [3.8, 4) is 5.75 Å². The van der Waals surface area contributed by atoms with Crippen LogP contribution in [0.3, 0.4) is 0 Å². The van der Waals surface area contributed by atoms with E-state index in [0.717, 1.165) is 27.0 Å². The number of halogens is 1. The molecule has 1 heterocycles. The van der Waals surface area contributed by atoms with Gasteiger partial charge in [-0.25, -0.2) is 4.79 Å². The number of hydrogen-bond donors (Lipinski definition) is 2. The smallest absolute Gasteiger partial charge is 0.319 e. The zero-order valence-electron chi connectivity index (χ0n) is 14.0. The largest absolute Gasteiger partial charge is 0.487 e. The molecule has 4 nitrogen and oxygen atoms in total. The summed E-state index contributed by atoms with van der Waals surface area (Å²) < 4.78 is 7.00. The molecule has 0 aliphatic carbocycles. The molecule has 1 aliphatic rings. The summed E-state index contributed by atoms with van der Waals surface area (Å²) in [4.78, 5) is 12.4. The standard InChI is InChI=1S/C19H21BrN2O2/c1-12-5-4-6-14(9-12)21-18(23)22-16-11-19(2,3)24-17-8-7-13(20)10-15(16)17/h4-10,16H,11H2,1-3H3,(H2,21,22,23). The molecule has 0 bridgehead atoms. The summed E-state index contributed by atoms with van der Waals surface area (Å²) in [5.74, 6) is 0.815. The number of amides is 2. The van der Waals surface area contributed by atoms with Gasteiger partial charge in [-0.15, -0.1) is 0 Å². The maximum atomic E-state index is 12.4. The quantitative estimate of drug-likeness (QED) is 0.744. The lowest BCUT2D eigenvalue weighted by molar-refractivity contribution is 0.0682. The molecule has 0 saturated heterocycles. The summed E-state index contributed by atoms with van der Waals surface area (Å²) in [6, 6.07) is 13.3. The molecule has 0 saturated carbocycles. The van der Waals surface area contributed by atoms with Crippen LogP contribution in [0.2, 0.25) is 0 Å². The van der Waals surface area contributed by atoms with Crippen LogP contribution in [0.25, 0.3) is 0 Å². The van der Waals surface area contributed by atoms with Crippen molar-refractivity contribution in [2.24, 2.45) is 0 Å². The van der Waals surface area contributed by atoms with Crippen LogP contribution in [-0.2, 0) is 0 Å². The molecule has 126 valence electrons. The van der Waals surface area contributed by atoms with Crippen LogP contribution in [0.15, 0.2) is 46.9 Å². The van der Waals surface area contributed by atoms with Gasteiger partial charge in [0, 0.05) is 22.1 Å². The van der Waals surface area contributed by atoms with Crippen molar-refractivity contribution in [3.05, 3.63) is 58.1 Å². The highest BCUT2D eigenvalue weighted by Crippen LogP contribution is 2.40. The normalized spacial score (nSPS) is 18.2. The predicted molar refractivity (Wildman–Crippen MR) is 99.5 cm³/mol. The van der Waals surface area contributed by atoms with Crippen LogP contribution < -0.4 is 15.4 Å². The first-order valence-electron chi connectivity index (χ1n) is 7.95. The number of carbonyl (C=O) groups is 1. The van der Waals surface area contributed by atoms with E-state index in [1.165, 1.54) is 0 Å². The zero-order valence-corrected chi connectivity index (χ0v) is 15.6. The van der Waals surface area contributed by atoms with Gasteiger partial charge in [-0.1, -0.05) is 28.1 Å². The van der Waals surface area contributed by atoms with Gasteiger partial charge in [-0.2, -0.15) is 0 Å². The predicted octanol–water partition coefficient (Wildman–Crippen LogP) is 5.18. The van der Waals surface area contributed by atoms with E-state index in [4.69, 9.17) is 4.74 Å². The van der Waals surface area contributed by atoms with Gasteiger partial charge in [0.1, 0.15) is 11.4 Å². The molecule has 0 aromatic heterocycles. The molecule has 2 N–H and O–H groups in total. The van der Waals surface area contributed by atoms with Crippen molar-refractivity contribution in [1.82, 2.24) is 5.32 Å². The van der Waals surface area contributed by atoms with Crippen molar-refractivity contribution in [2.75, 3.05) is 5.32 Å². The minimum absolute atomic E-state index is 0.106. The molecule has 1 unspecified atom stereocenters. The van der Waals surface area contributed by atoms with Gasteiger partial charge >= 0.3 is 6.03 Å². The number of rotatable bonds is 2. The monoisotopic (exact) mass is 388 g/mol. The van der Waals surface area contributed by atoms with Crippen molar-refractivity contribution in [1.29, 1.82) is 0 Å². The average Bonchev–Trinajstić information content (AvgIpc) is 2.47. The molecule has 3 rings (SSSR count). The number of fused-ring (bicyclic) bond motifs is 1. The van der Waals surface area contributed by atoms with Crippen molar-refractivity contribution in [2.45, 2.75) is 38.8 Å². The van der Waals surface area contributed by atoms with Gasteiger partial charge < -0.3 is 15.4 Å². The third-order valence-corrected chi connectivity index (χ3v) is 4.50. The lowest BCUT2D eigenvalue weighted by atomic mass is 9.90. The first-order valence-corrected chi connectivity index (χ1v) is 8.74. The van der Waals surface area contributed by atoms with Crippen molar-refractivity contribution >= 4 is 27.6 Å². The number of nitrogens with one attached hydrogen (secondary N) is 2. The lowest BCUT2D eigenvalue weighted by Crippen LogP contribution is -2.42. The Morgan fingerprint density at radius 1 is 1.25 bits per heavy atom. The number of urea groups is 1. The number of carbonyl (C=O) groups excluding carboxylic acids is 1. The molecule has 24 heavy (non-hydrogen) atoms. The van der Waals surface area contributed by atoms with Crippen molar-refractivity contribution < 1.29 is 9.53 Å². The van der Waals surface area contributed by atoms with E-state index in [1.54, 1.807) is 0 Å². The third-order valence-electron chi connectivity index (χ3n) is 4.01. The summed E-state index contributed by atoms with van der Waals surface area (Å²) in [5.41, 5.74) is 2.55. The van der Waals surface area contributed by atoms with Crippen LogP contribution in [0.1, 0.15) is 37.4 Å². The van der Waals surface area contributed by atoms with Crippen LogP contribution in [0, 0.1) is 6.92 Å². The first kappa shape index (κ1) is 16.8. The second-order valence-corrected chi connectivity index (χ2v) is 7.68. The van der Waals surface area contributed by atoms with Gasteiger partial charge in [0.2, 0.25) is 0 Å². The molecule has 1 atom stereocenters. The topological polar surface area (TPSA) is 50.4 Å². The average molecular weight is 389 g/mol. The van der Waals surface area contributed by atoms with E-state index < -0.39 is 0 Å². The van der Waals surface area contributed by atoms with Crippen molar-refractivity contribution in [3.63, 3.8) is 0 Å². The molecular formula is C19H21BrN2O2. The maximum Gasteiger partial charge on any atom is 0.319 e. The van der Waals surface area contributed by atoms with E-state index in [0.29, 0.717) is 6.42 Å². The molecule has 0 fully saturated rings. The van der Waals surface area contributed by atoms with E-state index in [-0.39, 0.29) is 17.7 Å². The number of ether oxygens (including phenoxy) is 1. The Balaban J connectivity index is 1.79. The summed E-state index contributed by atoms with van der Waals surface area (Å²) in [6.45, 7) is 6.06. The lowest BCUT2D eigenvalue weighted by Gasteiger charge is -2.38. The fraction of sp³-hybridized carbons (Fsp3) is 0.316.